The van der Waals surface area contributed by atoms with Gasteiger partial charge in [-0.1, -0.05) is 59.3 Å². The van der Waals surface area contributed by atoms with Crippen LogP contribution in [0.5, 0.6) is 0 Å². The quantitative estimate of drug-likeness (QED) is 0.180. The predicted octanol–water partition coefficient (Wildman–Crippen LogP) is 5.62. The normalized spacial score (nSPS) is 14.4. The van der Waals surface area contributed by atoms with Crippen LogP contribution < -0.4 is 0 Å². The molecule has 7 heteroatoms. The summed E-state index contributed by atoms with van der Waals surface area (Å²) in [5.74, 6) is -0.197. The molecule has 0 saturated heterocycles. The average Bonchev–Trinajstić information content (AvgIpc) is 2.64. The van der Waals surface area contributed by atoms with Gasteiger partial charge in [-0.3, -0.25) is 4.79 Å². The van der Waals surface area contributed by atoms with Gasteiger partial charge in [-0.25, -0.2) is 0 Å². The van der Waals surface area contributed by atoms with Crippen molar-refractivity contribution in [3.8, 4) is 0 Å². The molecule has 0 aliphatic rings. The van der Waals surface area contributed by atoms with Crippen LogP contribution in [0.3, 0.4) is 0 Å². The molecular formula is C24H51NO4Si2. The molecule has 0 bridgehead atoms. The molecular weight excluding hydrogens is 422 g/mol. The molecule has 0 fully saturated rings. The summed E-state index contributed by atoms with van der Waals surface area (Å²) in [5, 5.41) is 10.1. The summed E-state index contributed by atoms with van der Waals surface area (Å²) >= 11 is 0. The van der Waals surface area contributed by atoms with E-state index in [1.807, 2.05) is 0 Å². The number of unbranched alkanes of at least 4 members (excludes halogenated alkanes) is 1. The zero-order valence-corrected chi connectivity index (χ0v) is 24.1. The molecule has 0 spiro atoms. The van der Waals surface area contributed by atoms with E-state index < -0.39 is 22.5 Å². The molecule has 0 aromatic heterocycles. The number of likely N-dealkylation sites (N-methyl/N-ethyl adjacent to an activating group) is 1. The van der Waals surface area contributed by atoms with E-state index in [2.05, 4.69) is 67.4 Å². The van der Waals surface area contributed by atoms with Crippen LogP contribution in [0.2, 0.25) is 37.3 Å². The van der Waals surface area contributed by atoms with E-state index in [4.69, 9.17) is 9.16 Å². The lowest BCUT2D eigenvalue weighted by atomic mass is 10.1. The Kier molecular flexibility index (Phi) is 12.5. The predicted molar refractivity (Wildman–Crippen MR) is 138 cm³/mol. The second kappa shape index (κ2) is 12.7. The Labute approximate surface area is 194 Å². The Balaban J connectivity index is 4.63. The van der Waals surface area contributed by atoms with Crippen LogP contribution in [0.4, 0.5) is 0 Å². The van der Waals surface area contributed by atoms with Crippen LogP contribution in [0.15, 0.2) is 12.7 Å². The van der Waals surface area contributed by atoms with E-state index in [1.54, 1.807) is 7.05 Å². The van der Waals surface area contributed by atoms with Gasteiger partial charge in [0.1, 0.15) is 0 Å². The Morgan fingerprint density at radius 1 is 1.16 bits per heavy atom. The number of carbonyl (C=O) groups is 1. The first-order valence-corrected chi connectivity index (χ1v) is 18.0. The summed E-state index contributed by atoms with van der Waals surface area (Å²) in [6.07, 6.45) is 5.06. The number of amides is 1. The molecule has 1 unspecified atom stereocenters. The average molecular weight is 474 g/mol. The summed E-state index contributed by atoms with van der Waals surface area (Å²) in [4.78, 5) is 12.9. The number of hydrogen-bond acceptors (Lipinski definition) is 4. The molecule has 1 N–H and O–H groups in total. The summed E-state index contributed by atoms with van der Waals surface area (Å²) < 4.78 is 12.7. The SMILES string of the molecule is C=CC(=O)N(C)CC(O)COCCCC(C)(C)[Si](C)(C)OC(C)(C)[Si](C)(C)CCCC. The molecule has 1 atom stereocenters. The Bertz CT molecular complexity index is 562. The molecule has 184 valence electrons. The van der Waals surface area contributed by atoms with Crippen LogP contribution in [-0.4, -0.2) is 70.4 Å². The number of hydrogen-bond donors (Lipinski definition) is 1. The smallest absolute Gasteiger partial charge is 0.245 e. The summed E-state index contributed by atoms with van der Waals surface area (Å²) in [5.41, 5.74) is 0. The van der Waals surface area contributed by atoms with Crippen molar-refractivity contribution in [3.63, 3.8) is 0 Å². The van der Waals surface area contributed by atoms with Crippen LogP contribution in [-0.2, 0) is 14.0 Å². The maximum Gasteiger partial charge on any atom is 0.245 e. The van der Waals surface area contributed by atoms with E-state index in [1.165, 1.54) is 29.9 Å². The van der Waals surface area contributed by atoms with Crippen LogP contribution >= 0.6 is 0 Å². The number of ether oxygens (including phenoxy) is 1. The first kappa shape index (κ1) is 30.5. The van der Waals surface area contributed by atoms with Gasteiger partial charge in [0.05, 0.1) is 20.8 Å². The molecule has 0 radical (unpaired) electrons. The van der Waals surface area contributed by atoms with Gasteiger partial charge >= 0.3 is 0 Å². The van der Waals surface area contributed by atoms with Crippen molar-refractivity contribution < 1.29 is 19.1 Å². The highest BCUT2D eigenvalue weighted by atomic mass is 28.4. The Morgan fingerprint density at radius 3 is 2.26 bits per heavy atom. The van der Waals surface area contributed by atoms with Crippen molar-refractivity contribution in [1.29, 1.82) is 0 Å². The molecule has 0 aliphatic heterocycles. The standard InChI is InChI=1S/C24H51NO4Si2/c1-12-14-18-30(8,9)24(5,6)29-31(10,11)23(3,4)16-15-17-28-20-21(26)19-25(7)22(27)13-2/h13,21,26H,2,12,14-20H2,1,3-11H3. The number of nitrogens with zero attached hydrogens (tertiary/aromatic N) is 1. The Hall–Kier alpha value is -0.476. The first-order valence-electron chi connectivity index (χ1n) is 11.9. The summed E-state index contributed by atoms with van der Waals surface area (Å²) in [7, 11) is -1.81. The summed E-state index contributed by atoms with van der Waals surface area (Å²) in [6.45, 7) is 25.8. The summed E-state index contributed by atoms with van der Waals surface area (Å²) in [6, 6.07) is 1.31. The molecule has 31 heavy (non-hydrogen) atoms. The second-order valence-corrected chi connectivity index (χ2v) is 21.3. The minimum absolute atomic E-state index is 0.0370. The van der Waals surface area contributed by atoms with Gasteiger partial charge in [-0.15, -0.1) is 0 Å². The fraction of sp³-hybridized carbons (Fsp3) is 0.875. The number of carbonyl (C=O) groups excluding carboxylic acids is 1. The van der Waals surface area contributed by atoms with Crippen molar-refractivity contribution in [2.75, 3.05) is 26.8 Å². The zero-order chi connectivity index (χ0) is 24.5. The first-order chi connectivity index (χ1) is 14.0. The van der Waals surface area contributed by atoms with Crippen LogP contribution in [0, 0.1) is 0 Å². The van der Waals surface area contributed by atoms with Gasteiger partial charge in [0, 0.05) is 25.4 Å². The number of aliphatic hydroxyl groups excluding tert-OH is 1. The second-order valence-electron chi connectivity index (χ2n) is 11.2. The van der Waals surface area contributed by atoms with Gasteiger partial charge < -0.3 is 19.2 Å². The highest BCUT2D eigenvalue weighted by Gasteiger charge is 2.48. The Morgan fingerprint density at radius 2 is 1.74 bits per heavy atom. The van der Waals surface area contributed by atoms with Crippen molar-refractivity contribution in [2.45, 2.75) is 109 Å². The van der Waals surface area contributed by atoms with Gasteiger partial charge in [0.15, 0.2) is 8.32 Å². The molecule has 5 nitrogen and oxygen atoms in total. The van der Waals surface area contributed by atoms with Crippen molar-refractivity contribution in [3.05, 3.63) is 12.7 Å². The van der Waals surface area contributed by atoms with Crippen molar-refractivity contribution in [1.82, 2.24) is 4.90 Å². The number of rotatable bonds is 16. The van der Waals surface area contributed by atoms with Gasteiger partial charge in [0.2, 0.25) is 5.91 Å². The highest BCUT2D eigenvalue weighted by molar-refractivity contribution is 6.82. The largest absolute Gasteiger partial charge is 0.415 e. The van der Waals surface area contributed by atoms with E-state index in [0.29, 0.717) is 6.61 Å². The minimum Gasteiger partial charge on any atom is -0.415 e. The third-order valence-corrected chi connectivity index (χ3v) is 17.1. The third-order valence-electron chi connectivity index (χ3n) is 7.36. The maximum atomic E-state index is 11.5. The van der Waals surface area contributed by atoms with Crippen LogP contribution in [0.1, 0.15) is 60.3 Å². The topological polar surface area (TPSA) is 59.0 Å². The van der Waals surface area contributed by atoms with Crippen molar-refractivity contribution >= 4 is 22.3 Å². The van der Waals surface area contributed by atoms with E-state index >= 15 is 0 Å². The zero-order valence-electron chi connectivity index (χ0n) is 22.1. The van der Waals surface area contributed by atoms with Crippen LogP contribution in [0.25, 0.3) is 0 Å². The third kappa shape index (κ3) is 9.90. The number of aliphatic hydroxyl groups is 1. The molecule has 0 aromatic rings. The van der Waals surface area contributed by atoms with E-state index in [-0.39, 0.29) is 29.3 Å². The lowest BCUT2D eigenvalue weighted by molar-refractivity contribution is -0.126. The fourth-order valence-electron chi connectivity index (χ4n) is 3.59. The molecule has 0 saturated carbocycles. The van der Waals surface area contributed by atoms with Gasteiger partial charge in [-0.2, -0.15) is 0 Å². The minimum atomic E-state index is -1.96. The lowest BCUT2D eigenvalue weighted by Gasteiger charge is -2.50. The molecule has 0 aromatic carbocycles. The van der Waals surface area contributed by atoms with Gasteiger partial charge in [-0.05, 0) is 50.9 Å². The highest BCUT2D eigenvalue weighted by Crippen LogP contribution is 2.45. The molecule has 0 rings (SSSR count). The fourth-order valence-corrected chi connectivity index (χ4v) is 9.63. The molecule has 1 amide bonds. The van der Waals surface area contributed by atoms with Gasteiger partial charge in [0.25, 0.3) is 0 Å². The molecule has 0 aliphatic carbocycles. The molecule has 0 heterocycles. The lowest BCUT2D eigenvalue weighted by Crippen LogP contribution is -2.59. The van der Waals surface area contributed by atoms with E-state index in [0.717, 1.165) is 12.8 Å². The monoisotopic (exact) mass is 473 g/mol. The maximum absolute atomic E-state index is 11.5. The van der Waals surface area contributed by atoms with E-state index in [9.17, 15) is 9.90 Å². The van der Waals surface area contributed by atoms with Crippen molar-refractivity contribution in [2.24, 2.45) is 0 Å².